The van der Waals surface area contributed by atoms with Gasteiger partial charge in [0.1, 0.15) is 17.5 Å². The lowest BCUT2D eigenvalue weighted by atomic mass is 9.75. The number of carbonyl (C=O) groups is 1. The molecule has 0 spiro atoms. The molecule has 0 aromatic heterocycles. The van der Waals surface area contributed by atoms with E-state index in [4.69, 9.17) is 14.2 Å². The maximum atomic E-state index is 12.2. The van der Waals surface area contributed by atoms with Crippen molar-refractivity contribution in [1.82, 2.24) is 4.90 Å². The molecule has 28 heavy (non-hydrogen) atoms. The lowest BCUT2D eigenvalue weighted by molar-refractivity contribution is 0.0126. The highest BCUT2D eigenvalue weighted by atomic mass is 16.6. The minimum atomic E-state index is -0.475. The van der Waals surface area contributed by atoms with Crippen LogP contribution in [0, 0.1) is 11.3 Å². The third kappa shape index (κ3) is 4.96. The minimum absolute atomic E-state index is 0.0811. The Morgan fingerprint density at radius 1 is 1.18 bits per heavy atom. The van der Waals surface area contributed by atoms with Gasteiger partial charge >= 0.3 is 6.09 Å². The number of piperidine rings is 1. The second-order valence-corrected chi connectivity index (χ2v) is 8.62. The summed E-state index contributed by atoms with van der Waals surface area (Å²) in [5.41, 5.74) is 0.109. The van der Waals surface area contributed by atoms with Gasteiger partial charge in [-0.25, -0.2) is 4.79 Å². The summed E-state index contributed by atoms with van der Waals surface area (Å²) in [4.78, 5) is 13.9. The summed E-state index contributed by atoms with van der Waals surface area (Å²) in [5, 5.41) is 9.69. The van der Waals surface area contributed by atoms with E-state index in [1.807, 2.05) is 45.0 Å². The molecule has 2 heterocycles. The number of nitrogens with zero attached hydrogens (tertiary/aromatic N) is 2. The van der Waals surface area contributed by atoms with Gasteiger partial charge in [-0.05, 0) is 51.3 Å². The first-order valence-corrected chi connectivity index (χ1v) is 10.1. The molecule has 2 fully saturated rings. The van der Waals surface area contributed by atoms with Crippen molar-refractivity contribution in [3.63, 3.8) is 0 Å². The fraction of sp³-hybridized carbons (Fsp3) is 0.636. The van der Waals surface area contributed by atoms with Crippen molar-refractivity contribution in [1.29, 1.82) is 5.26 Å². The topological polar surface area (TPSA) is 71.8 Å². The number of likely N-dealkylation sites (tertiary alicyclic amines) is 1. The SMILES string of the molecule is CC(C)(C)OC(=O)N1CCC(Oc2ccc(C3(C#N)CCOCC3)cc2)CC1. The van der Waals surface area contributed by atoms with Crippen LogP contribution in [0.25, 0.3) is 0 Å². The van der Waals surface area contributed by atoms with Gasteiger partial charge < -0.3 is 19.1 Å². The molecule has 0 radical (unpaired) electrons. The van der Waals surface area contributed by atoms with Crippen LogP contribution in [-0.4, -0.2) is 49.0 Å². The van der Waals surface area contributed by atoms with Crippen LogP contribution in [0.1, 0.15) is 52.0 Å². The highest BCUT2D eigenvalue weighted by Crippen LogP contribution is 2.35. The van der Waals surface area contributed by atoms with E-state index < -0.39 is 11.0 Å². The molecule has 3 rings (SSSR count). The molecule has 152 valence electrons. The van der Waals surface area contributed by atoms with Gasteiger partial charge in [0.25, 0.3) is 0 Å². The second kappa shape index (κ2) is 8.40. The molecule has 0 bridgehead atoms. The Bertz CT molecular complexity index is 704. The molecule has 1 aromatic rings. The van der Waals surface area contributed by atoms with E-state index in [-0.39, 0.29) is 12.2 Å². The fourth-order valence-electron chi connectivity index (χ4n) is 3.71. The molecule has 0 aliphatic carbocycles. The van der Waals surface area contributed by atoms with Crippen molar-refractivity contribution in [2.75, 3.05) is 26.3 Å². The molecule has 0 N–H and O–H groups in total. The molecule has 2 aliphatic rings. The summed E-state index contributed by atoms with van der Waals surface area (Å²) in [6.07, 6.45) is 2.84. The molecule has 2 saturated heterocycles. The predicted molar refractivity (Wildman–Crippen MR) is 105 cm³/mol. The van der Waals surface area contributed by atoms with Gasteiger partial charge in [-0.3, -0.25) is 0 Å². The number of carbonyl (C=O) groups excluding carboxylic acids is 1. The van der Waals surface area contributed by atoms with Gasteiger partial charge in [0, 0.05) is 39.1 Å². The van der Waals surface area contributed by atoms with Gasteiger partial charge in [0.05, 0.1) is 11.5 Å². The number of nitriles is 1. The average Bonchev–Trinajstić information content (AvgIpc) is 2.68. The molecule has 1 aromatic carbocycles. The summed E-state index contributed by atoms with van der Waals surface area (Å²) in [5.74, 6) is 0.805. The van der Waals surface area contributed by atoms with Crippen LogP contribution in [0.5, 0.6) is 5.75 Å². The summed E-state index contributed by atoms with van der Waals surface area (Å²) in [7, 11) is 0. The first-order valence-electron chi connectivity index (χ1n) is 10.1. The van der Waals surface area contributed by atoms with Gasteiger partial charge in [-0.2, -0.15) is 5.26 Å². The summed E-state index contributed by atoms with van der Waals surface area (Å²) < 4.78 is 17.0. The Morgan fingerprint density at radius 2 is 1.79 bits per heavy atom. The van der Waals surface area contributed by atoms with Crippen LogP contribution in [0.2, 0.25) is 0 Å². The minimum Gasteiger partial charge on any atom is -0.490 e. The highest BCUT2D eigenvalue weighted by Gasteiger charge is 2.34. The zero-order valence-electron chi connectivity index (χ0n) is 17.1. The van der Waals surface area contributed by atoms with E-state index in [9.17, 15) is 10.1 Å². The van der Waals surface area contributed by atoms with E-state index in [1.54, 1.807) is 4.90 Å². The Morgan fingerprint density at radius 3 is 2.32 bits per heavy atom. The standard InChI is InChI=1S/C22H30N2O4/c1-21(2,3)28-20(25)24-12-8-19(9-13-24)27-18-6-4-17(5-7-18)22(16-23)10-14-26-15-11-22/h4-7,19H,8-15H2,1-3H3. The van der Waals surface area contributed by atoms with E-state index >= 15 is 0 Å². The van der Waals surface area contributed by atoms with Crippen LogP contribution >= 0.6 is 0 Å². The molecular weight excluding hydrogens is 356 g/mol. The van der Waals surface area contributed by atoms with Crippen molar-refractivity contribution in [3.8, 4) is 11.8 Å². The predicted octanol–water partition coefficient (Wildman–Crippen LogP) is 4.04. The van der Waals surface area contributed by atoms with Crippen LogP contribution in [-0.2, 0) is 14.9 Å². The largest absolute Gasteiger partial charge is 0.490 e. The maximum Gasteiger partial charge on any atom is 0.410 e. The Labute approximate surface area is 167 Å². The number of hydrogen-bond acceptors (Lipinski definition) is 5. The van der Waals surface area contributed by atoms with Crippen LogP contribution in [0.3, 0.4) is 0 Å². The van der Waals surface area contributed by atoms with Gasteiger partial charge in [0.2, 0.25) is 0 Å². The molecule has 0 unspecified atom stereocenters. The fourth-order valence-corrected chi connectivity index (χ4v) is 3.71. The van der Waals surface area contributed by atoms with E-state index in [2.05, 4.69) is 6.07 Å². The normalized spacial score (nSPS) is 20.3. The molecule has 6 heteroatoms. The number of benzene rings is 1. The van der Waals surface area contributed by atoms with Crippen molar-refractivity contribution in [2.45, 2.75) is 63.6 Å². The van der Waals surface area contributed by atoms with Crippen molar-refractivity contribution < 1.29 is 19.0 Å². The number of amides is 1. The number of rotatable bonds is 3. The summed E-state index contributed by atoms with van der Waals surface area (Å²) in [6.45, 7) is 8.15. The van der Waals surface area contributed by atoms with Crippen LogP contribution < -0.4 is 4.74 Å². The maximum absolute atomic E-state index is 12.2. The quantitative estimate of drug-likeness (QED) is 0.784. The monoisotopic (exact) mass is 386 g/mol. The van der Waals surface area contributed by atoms with E-state index in [0.29, 0.717) is 26.3 Å². The average molecular weight is 386 g/mol. The molecule has 6 nitrogen and oxygen atoms in total. The zero-order valence-corrected chi connectivity index (χ0v) is 17.1. The summed E-state index contributed by atoms with van der Waals surface area (Å²) >= 11 is 0. The number of hydrogen-bond donors (Lipinski definition) is 0. The van der Waals surface area contributed by atoms with E-state index in [1.165, 1.54) is 0 Å². The summed E-state index contributed by atoms with van der Waals surface area (Å²) in [6, 6.07) is 10.4. The Hall–Kier alpha value is -2.26. The highest BCUT2D eigenvalue weighted by molar-refractivity contribution is 5.68. The van der Waals surface area contributed by atoms with Gasteiger partial charge in [-0.1, -0.05) is 12.1 Å². The van der Waals surface area contributed by atoms with Crippen molar-refractivity contribution in [3.05, 3.63) is 29.8 Å². The molecule has 2 aliphatic heterocycles. The molecule has 1 amide bonds. The van der Waals surface area contributed by atoms with Gasteiger partial charge in [-0.15, -0.1) is 0 Å². The molecular formula is C22H30N2O4. The molecule has 0 atom stereocenters. The second-order valence-electron chi connectivity index (χ2n) is 8.62. The van der Waals surface area contributed by atoms with E-state index in [0.717, 1.165) is 37.0 Å². The van der Waals surface area contributed by atoms with Gasteiger partial charge in [0.15, 0.2) is 0 Å². The van der Waals surface area contributed by atoms with Crippen LogP contribution in [0.4, 0.5) is 4.79 Å². The molecule has 0 saturated carbocycles. The lowest BCUT2D eigenvalue weighted by Crippen LogP contribution is -2.44. The Balaban J connectivity index is 1.53. The Kier molecular flexibility index (Phi) is 6.14. The third-order valence-electron chi connectivity index (χ3n) is 5.36. The smallest absolute Gasteiger partial charge is 0.410 e. The lowest BCUT2D eigenvalue weighted by Gasteiger charge is -2.33. The van der Waals surface area contributed by atoms with Crippen LogP contribution in [0.15, 0.2) is 24.3 Å². The zero-order chi connectivity index (χ0) is 20.2. The number of ether oxygens (including phenoxy) is 3. The van der Waals surface area contributed by atoms with Crippen molar-refractivity contribution in [2.24, 2.45) is 0 Å². The first kappa shape index (κ1) is 20.5. The third-order valence-corrected chi connectivity index (χ3v) is 5.36. The first-order chi connectivity index (χ1) is 13.3. The van der Waals surface area contributed by atoms with Crippen molar-refractivity contribution >= 4 is 6.09 Å².